The highest BCUT2D eigenvalue weighted by Gasteiger charge is 2.19. The fourth-order valence-corrected chi connectivity index (χ4v) is 0.954. The number of nitro benzene ring substituents is 1. The highest BCUT2D eigenvalue weighted by Crippen LogP contribution is 2.21. The van der Waals surface area contributed by atoms with Crippen LogP contribution in [0.15, 0.2) is 18.2 Å². The minimum atomic E-state index is -0.704. The molecule has 0 saturated carbocycles. The number of hydrogen-bond donors (Lipinski definition) is 0. The van der Waals surface area contributed by atoms with Crippen LogP contribution < -0.4 is 0 Å². The second-order valence-electron chi connectivity index (χ2n) is 2.31. The molecule has 0 N–H and O–H groups in total. The maximum absolute atomic E-state index is 12.9. The van der Waals surface area contributed by atoms with Gasteiger partial charge in [-0.1, -0.05) is 6.07 Å². The first-order valence-electron chi connectivity index (χ1n) is 3.42. The lowest BCUT2D eigenvalue weighted by Crippen LogP contribution is -1.96. The molecule has 0 unspecified atom stereocenters. The lowest BCUT2D eigenvalue weighted by atomic mass is 10.1. The first kappa shape index (κ1) is 9.13. The zero-order chi connectivity index (χ0) is 9.84. The van der Waals surface area contributed by atoms with Gasteiger partial charge in [0.2, 0.25) is 6.54 Å². The predicted molar refractivity (Wildman–Crippen MR) is 43.4 cm³/mol. The zero-order valence-corrected chi connectivity index (χ0v) is 6.53. The topological polar surface area (TPSA) is 47.5 Å². The summed E-state index contributed by atoms with van der Waals surface area (Å²) in [5.74, 6) is -0.704. The molecule has 66 valence electrons. The molecule has 0 atom stereocenters. The Morgan fingerprint density at radius 2 is 2.31 bits per heavy atom. The highest BCUT2D eigenvalue weighted by atomic mass is 19.1. The van der Waals surface area contributed by atoms with E-state index in [2.05, 4.69) is 4.85 Å². The van der Waals surface area contributed by atoms with Crippen LogP contribution in [0.3, 0.4) is 0 Å². The van der Waals surface area contributed by atoms with E-state index in [1.165, 1.54) is 12.1 Å². The van der Waals surface area contributed by atoms with Crippen LogP contribution in [-0.2, 0) is 6.54 Å². The van der Waals surface area contributed by atoms with Crippen molar-refractivity contribution in [2.45, 2.75) is 6.54 Å². The van der Waals surface area contributed by atoms with E-state index in [9.17, 15) is 14.5 Å². The number of nitrogens with zero attached hydrogens (tertiary/aromatic N) is 2. The lowest BCUT2D eigenvalue weighted by Gasteiger charge is -1.96. The Labute approximate surface area is 73.6 Å². The molecule has 0 aliphatic rings. The van der Waals surface area contributed by atoms with E-state index in [1.807, 2.05) is 0 Å². The fourth-order valence-electron chi connectivity index (χ4n) is 0.954. The van der Waals surface area contributed by atoms with E-state index < -0.39 is 10.7 Å². The molecule has 0 amide bonds. The summed E-state index contributed by atoms with van der Waals surface area (Å²) in [7, 11) is 0. The predicted octanol–water partition coefficient (Wildman–Crippen LogP) is 2.15. The van der Waals surface area contributed by atoms with Crippen LogP contribution in [-0.4, -0.2) is 4.92 Å². The molecule has 0 spiro atoms. The van der Waals surface area contributed by atoms with Gasteiger partial charge in [0.1, 0.15) is 11.4 Å². The molecule has 0 aliphatic carbocycles. The molecule has 1 rings (SSSR count). The SMILES string of the molecule is [C-]#[N+]Cc1c(F)cccc1[N+](=O)[O-]. The molecule has 1 aromatic carbocycles. The van der Waals surface area contributed by atoms with Crippen molar-refractivity contribution in [2.24, 2.45) is 0 Å². The monoisotopic (exact) mass is 180 g/mol. The summed E-state index contributed by atoms with van der Waals surface area (Å²) >= 11 is 0. The molecular formula is C8H5FN2O2. The normalized spacial score (nSPS) is 9.23. The average molecular weight is 180 g/mol. The fraction of sp³-hybridized carbons (Fsp3) is 0.125. The van der Waals surface area contributed by atoms with E-state index in [4.69, 9.17) is 6.57 Å². The number of hydrogen-bond acceptors (Lipinski definition) is 2. The van der Waals surface area contributed by atoms with Gasteiger partial charge in [-0.05, 0) is 6.07 Å². The van der Waals surface area contributed by atoms with E-state index in [0.29, 0.717) is 0 Å². The largest absolute Gasteiger partial charge is 0.311 e. The second-order valence-corrected chi connectivity index (χ2v) is 2.31. The number of nitro groups is 1. The summed E-state index contributed by atoms with van der Waals surface area (Å²) in [6.07, 6.45) is 0. The molecule has 0 fully saturated rings. The van der Waals surface area contributed by atoms with Crippen molar-refractivity contribution < 1.29 is 9.31 Å². The minimum absolute atomic E-state index is 0.150. The van der Waals surface area contributed by atoms with Gasteiger partial charge in [-0.25, -0.2) is 11.0 Å². The van der Waals surface area contributed by atoms with Crippen molar-refractivity contribution >= 4 is 5.69 Å². The van der Waals surface area contributed by atoms with Crippen LogP contribution in [0.5, 0.6) is 0 Å². The number of benzene rings is 1. The van der Waals surface area contributed by atoms with Crippen LogP contribution in [0.25, 0.3) is 4.85 Å². The van der Waals surface area contributed by atoms with Gasteiger partial charge >= 0.3 is 0 Å². The van der Waals surface area contributed by atoms with Crippen LogP contribution in [0.2, 0.25) is 0 Å². The summed E-state index contributed by atoms with van der Waals surface area (Å²) in [6, 6.07) is 3.54. The quantitative estimate of drug-likeness (QED) is 0.397. The summed E-state index contributed by atoms with van der Waals surface area (Å²) in [5.41, 5.74) is -0.487. The zero-order valence-electron chi connectivity index (χ0n) is 6.53. The van der Waals surface area contributed by atoms with Gasteiger partial charge in [0.15, 0.2) is 0 Å². The van der Waals surface area contributed by atoms with Gasteiger partial charge in [-0.3, -0.25) is 10.1 Å². The lowest BCUT2D eigenvalue weighted by molar-refractivity contribution is -0.385. The van der Waals surface area contributed by atoms with Crippen molar-refractivity contribution in [3.05, 3.63) is 51.1 Å². The minimum Gasteiger partial charge on any atom is -0.311 e. The summed E-state index contributed by atoms with van der Waals surface area (Å²) in [5, 5.41) is 10.4. The number of rotatable bonds is 2. The van der Waals surface area contributed by atoms with Crippen molar-refractivity contribution in [1.29, 1.82) is 0 Å². The molecule has 0 aliphatic heterocycles. The molecular weight excluding hydrogens is 175 g/mol. The van der Waals surface area contributed by atoms with Gasteiger partial charge in [-0.15, -0.1) is 0 Å². The van der Waals surface area contributed by atoms with Gasteiger partial charge in [0.25, 0.3) is 5.69 Å². The van der Waals surface area contributed by atoms with Crippen molar-refractivity contribution in [1.82, 2.24) is 0 Å². The van der Waals surface area contributed by atoms with Gasteiger partial charge in [0, 0.05) is 6.07 Å². The van der Waals surface area contributed by atoms with Crippen LogP contribution in [0.1, 0.15) is 5.56 Å². The van der Waals surface area contributed by atoms with Crippen LogP contribution in [0, 0.1) is 22.5 Å². The Balaban J connectivity index is 3.27. The first-order chi connectivity index (χ1) is 6.16. The summed E-state index contributed by atoms with van der Waals surface area (Å²) in [4.78, 5) is 12.6. The van der Waals surface area contributed by atoms with Gasteiger partial charge in [-0.2, -0.15) is 0 Å². The Morgan fingerprint density at radius 3 is 2.85 bits per heavy atom. The summed E-state index contributed by atoms with van der Waals surface area (Å²) in [6.45, 7) is 6.21. The Bertz CT molecular complexity index is 384. The second kappa shape index (κ2) is 3.63. The third-order valence-electron chi connectivity index (χ3n) is 1.53. The Morgan fingerprint density at radius 1 is 1.62 bits per heavy atom. The van der Waals surface area contributed by atoms with E-state index in [1.54, 1.807) is 0 Å². The average Bonchev–Trinajstić information content (AvgIpc) is 2.08. The third-order valence-corrected chi connectivity index (χ3v) is 1.53. The van der Waals surface area contributed by atoms with Crippen molar-refractivity contribution in [3.63, 3.8) is 0 Å². The van der Waals surface area contributed by atoms with E-state index >= 15 is 0 Å². The number of halogens is 1. The maximum Gasteiger partial charge on any atom is 0.283 e. The molecule has 1 aromatic rings. The van der Waals surface area contributed by atoms with Crippen LogP contribution in [0.4, 0.5) is 10.1 Å². The maximum atomic E-state index is 12.9. The van der Waals surface area contributed by atoms with Crippen LogP contribution >= 0.6 is 0 Å². The summed E-state index contributed by atoms with van der Waals surface area (Å²) < 4.78 is 12.9. The standard InChI is InChI=1S/C8H5FN2O2/c1-10-5-6-7(9)3-2-4-8(6)11(12)13/h2-4H,5H2. The van der Waals surface area contributed by atoms with Crippen molar-refractivity contribution in [3.8, 4) is 0 Å². The van der Waals surface area contributed by atoms with E-state index in [-0.39, 0.29) is 17.8 Å². The van der Waals surface area contributed by atoms with E-state index in [0.717, 1.165) is 6.07 Å². The highest BCUT2D eigenvalue weighted by molar-refractivity contribution is 5.41. The molecule has 0 radical (unpaired) electrons. The Kier molecular flexibility index (Phi) is 2.55. The molecule has 5 heteroatoms. The molecule has 0 saturated heterocycles. The molecule has 0 bridgehead atoms. The third kappa shape index (κ3) is 1.79. The smallest absolute Gasteiger partial charge is 0.283 e. The molecule has 0 aromatic heterocycles. The Hall–Kier alpha value is -1.96. The first-order valence-corrected chi connectivity index (χ1v) is 3.42. The van der Waals surface area contributed by atoms with Gasteiger partial charge in [0.05, 0.1) is 4.92 Å². The van der Waals surface area contributed by atoms with Gasteiger partial charge < -0.3 is 4.85 Å². The molecule has 0 heterocycles. The molecule has 4 nitrogen and oxygen atoms in total. The molecule has 13 heavy (non-hydrogen) atoms. The van der Waals surface area contributed by atoms with Crippen molar-refractivity contribution in [2.75, 3.05) is 0 Å².